The van der Waals surface area contributed by atoms with Crippen molar-refractivity contribution in [2.45, 2.75) is 19.4 Å². The molecule has 1 unspecified atom stereocenters. The Morgan fingerprint density at radius 2 is 1.85 bits per heavy atom. The maximum atomic E-state index is 6.10. The summed E-state index contributed by atoms with van der Waals surface area (Å²) in [7, 11) is 7.30. The van der Waals surface area contributed by atoms with Crippen molar-refractivity contribution >= 4 is 11.6 Å². The highest BCUT2D eigenvalue weighted by Crippen LogP contribution is 2.31. The van der Waals surface area contributed by atoms with E-state index < -0.39 is 0 Å². The van der Waals surface area contributed by atoms with Gasteiger partial charge in [0.05, 0.1) is 26.8 Å². The molecule has 0 aromatic heterocycles. The first-order valence-electron chi connectivity index (χ1n) is 9.02. The predicted octanol–water partition coefficient (Wildman–Crippen LogP) is 3.30. The highest BCUT2D eigenvalue weighted by molar-refractivity contribution is 5.92. The fraction of sp³-hybridized carbons (Fsp3) is 0.381. The van der Waals surface area contributed by atoms with Crippen molar-refractivity contribution in [2.24, 2.45) is 10.7 Å². The first-order valence-corrected chi connectivity index (χ1v) is 9.02. The summed E-state index contributed by atoms with van der Waals surface area (Å²) < 4.78 is 10.7. The van der Waals surface area contributed by atoms with Gasteiger partial charge >= 0.3 is 0 Å². The number of anilines is 1. The Kier molecular flexibility index (Phi) is 7.49. The number of guanidine groups is 1. The van der Waals surface area contributed by atoms with Crippen molar-refractivity contribution < 1.29 is 9.47 Å². The number of rotatable bonds is 8. The first kappa shape index (κ1) is 20.6. The van der Waals surface area contributed by atoms with Crippen LogP contribution in [0.5, 0.6) is 11.5 Å². The molecule has 0 saturated carbocycles. The van der Waals surface area contributed by atoms with E-state index in [0.717, 1.165) is 17.7 Å². The Hall–Kier alpha value is -2.73. The molecule has 27 heavy (non-hydrogen) atoms. The van der Waals surface area contributed by atoms with Gasteiger partial charge in [0.1, 0.15) is 0 Å². The molecule has 146 valence electrons. The Morgan fingerprint density at radius 1 is 1.11 bits per heavy atom. The SMILES string of the molecule is CCc1cccc(NC(N)=NCC(c2ccc(OC)c(OC)c2)N(C)C)c1. The van der Waals surface area contributed by atoms with E-state index in [1.54, 1.807) is 14.2 Å². The fourth-order valence-electron chi connectivity index (χ4n) is 2.87. The summed E-state index contributed by atoms with van der Waals surface area (Å²) in [6, 6.07) is 14.2. The van der Waals surface area contributed by atoms with E-state index in [2.05, 4.69) is 34.3 Å². The molecule has 2 rings (SSSR count). The number of hydrogen-bond acceptors (Lipinski definition) is 4. The van der Waals surface area contributed by atoms with Crippen molar-refractivity contribution in [3.8, 4) is 11.5 Å². The van der Waals surface area contributed by atoms with E-state index in [4.69, 9.17) is 15.2 Å². The molecule has 3 N–H and O–H groups in total. The summed E-state index contributed by atoms with van der Waals surface area (Å²) in [5, 5.41) is 3.17. The Bertz CT molecular complexity index is 775. The van der Waals surface area contributed by atoms with Crippen molar-refractivity contribution in [1.82, 2.24) is 4.90 Å². The van der Waals surface area contributed by atoms with Crippen LogP contribution in [0.3, 0.4) is 0 Å². The lowest BCUT2D eigenvalue weighted by Gasteiger charge is -2.24. The van der Waals surface area contributed by atoms with Crippen LogP contribution < -0.4 is 20.5 Å². The highest BCUT2D eigenvalue weighted by atomic mass is 16.5. The molecule has 0 bridgehead atoms. The number of aryl methyl sites for hydroxylation is 1. The second-order valence-electron chi connectivity index (χ2n) is 6.50. The molecular formula is C21H30N4O2. The number of aliphatic imine (C=N–C) groups is 1. The van der Waals surface area contributed by atoms with E-state index in [1.807, 2.05) is 44.4 Å². The number of benzene rings is 2. The number of likely N-dealkylation sites (N-methyl/N-ethyl adjacent to an activating group) is 1. The molecule has 2 aromatic carbocycles. The molecule has 6 heteroatoms. The minimum absolute atomic E-state index is 0.0622. The van der Waals surface area contributed by atoms with Gasteiger partial charge in [0, 0.05) is 5.69 Å². The Balaban J connectivity index is 2.14. The molecule has 0 aliphatic heterocycles. The van der Waals surface area contributed by atoms with Crippen LogP contribution >= 0.6 is 0 Å². The molecule has 0 aliphatic rings. The van der Waals surface area contributed by atoms with E-state index in [-0.39, 0.29) is 6.04 Å². The molecule has 0 spiro atoms. The average molecular weight is 370 g/mol. The lowest BCUT2D eigenvalue weighted by molar-refractivity contribution is 0.303. The molecule has 0 amide bonds. The van der Waals surface area contributed by atoms with Gasteiger partial charge in [-0.25, -0.2) is 0 Å². The van der Waals surface area contributed by atoms with E-state index in [9.17, 15) is 0 Å². The first-order chi connectivity index (χ1) is 13.0. The van der Waals surface area contributed by atoms with Gasteiger partial charge in [-0.3, -0.25) is 4.99 Å². The van der Waals surface area contributed by atoms with Crippen LogP contribution in [0, 0.1) is 0 Å². The maximum Gasteiger partial charge on any atom is 0.193 e. The number of nitrogens with two attached hydrogens (primary N) is 1. The third-order valence-electron chi connectivity index (χ3n) is 4.46. The lowest BCUT2D eigenvalue weighted by atomic mass is 10.1. The van der Waals surface area contributed by atoms with E-state index in [1.165, 1.54) is 5.56 Å². The van der Waals surface area contributed by atoms with Gasteiger partial charge in [0.2, 0.25) is 0 Å². The lowest BCUT2D eigenvalue weighted by Crippen LogP contribution is -2.27. The molecule has 0 saturated heterocycles. The van der Waals surface area contributed by atoms with Gasteiger partial charge < -0.3 is 25.4 Å². The van der Waals surface area contributed by atoms with Gasteiger partial charge in [-0.05, 0) is 55.9 Å². The zero-order valence-corrected chi connectivity index (χ0v) is 16.8. The van der Waals surface area contributed by atoms with Crippen LogP contribution in [0.15, 0.2) is 47.5 Å². The summed E-state index contributed by atoms with van der Waals surface area (Å²) in [6.07, 6.45) is 0.981. The highest BCUT2D eigenvalue weighted by Gasteiger charge is 2.16. The summed E-state index contributed by atoms with van der Waals surface area (Å²) in [6.45, 7) is 2.65. The normalized spacial score (nSPS) is 12.7. The molecule has 0 aliphatic carbocycles. The fourth-order valence-corrected chi connectivity index (χ4v) is 2.87. The quantitative estimate of drug-likeness (QED) is 0.551. The minimum atomic E-state index is 0.0622. The number of nitrogens with zero attached hydrogens (tertiary/aromatic N) is 2. The van der Waals surface area contributed by atoms with Gasteiger partial charge in [-0.2, -0.15) is 0 Å². The van der Waals surface area contributed by atoms with Crippen LogP contribution in [-0.2, 0) is 6.42 Å². The minimum Gasteiger partial charge on any atom is -0.493 e. The maximum absolute atomic E-state index is 6.10. The predicted molar refractivity (Wildman–Crippen MR) is 112 cm³/mol. The molecule has 0 fully saturated rings. The van der Waals surface area contributed by atoms with Gasteiger partial charge in [0.15, 0.2) is 17.5 Å². The summed E-state index contributed by atoms with van der Waals surface area (Å²) in [4.78, 5) is 6.65. The van der Waals surface area contributed by atoms with Crippen LogP contribution in [0.1, 0.15) is 24.1 Å². The number of hydrogen-bond donors (Lipinski definition) is 2. The molecule has 0 heterocycles. The van der Waals surface area contributed by atoms with Gasteiger partial charge in [0.25, 0.3) is 0 Å². The van der Waals surface area contributed by atoms with E-state index >= 15 is 0 Å². The number of nitrogens with one attached hydrogen (secondary N) is 1. The third-order valence-corrected chi connectivity index (χ3v) is 4.46. The van der Waals surface area contributed by atoms with Crippen LogP contribution in [0.2, 0.25) is 0 Å². The van der Waals surface area contributed by atoms with Crippen molar-refractivity contribution in [2.75, 3.05) is 40.2 Å². The smallest absolute Gasteiger partial charge is 0.193 e. The second kappa shape index (κ2) is 9.83. The van der Waals surface area contributed by atoms with Gasteiger partial charge in [-0.1, -0.05) is 25.1 Å². The van der Waals surface area contributed by atoms with Crippen molar-refractivity contribution in [3.05, 3.63) is 53.6 Å². The number of ether oxygens (including phenoxy) is 2. The Morgan fingerprint density at radius 3 is 2.48 bits per heavy atom. The van der Waals surface area contributed by atoms with Crippen molar-refractivity contribution in [3.63, 3.8) is 0 Å². The number of methoxy groups -OCH3 is 2. The van der Waals surface area contributed by atoms with Crippen molar-refractivity contribution in [1.29, 1.82) is 0 Å². The molecule has 2 aromatic rings. The monoisotopic (exact) mass is 370 g/mol. The standard InChI is InChI=1S/C21H30N4O2/c1-6-15-8-7-9-17(12-15)24-21(22)23-14-18(25(2)3)16-10-11-19(26-4)20(13-16)27-5/h7-13,18H,6,14H2,1-5H3,(H3,22,23,24). The van der Waals surface area contributed by atoms with Crippen LogP contribution in [0.25, 0.3) is 0 Å². The molecule has 0 radical (unpaired) electrons. The summed E-state index contributed by atoms with van der Waals surface area (Å²) in [5.41, 5.74) is 9.39. The molecule has 1 atom stereocenters. The Labute approximate surface area is 162 Å². The summed E-state index contributed by atoms with van der Waals surface area (Å²) in [5.74, 6) is 1.81. The topological polar surface area (TPSA) is 72.1 Å². The summed E-state index contributed by atoms with van der Waals surface area (Å²) >= 11 is 0. The molecule has 6 nitrogen and oxygen atoms in total. The zero-order chi connectivity index (χ0) is 19.8. The molecular weight excluding hydrogens is 340 g/mol. The average Bonchev–Trinajstić information content (AvgIpc) is 2.67. The van der Waals surface area contributed by atoms with E-state index in [0.29, 0.717) is 24.0 Å². The second-order valence-corrected chi connectivity index (χ2v) is 6.50. The van der Waals surface area contributed by atoms with Gasteiger partial charge in [-0.15, -0.1) is 0 Å². The third kappa shape index (κ3) is 5.62. The largest absolute Gasteiger partial charge is 0.493 e. The zero-order valence-electron chi connectivity index (χ0n) is 16.8. The van der Waals surface area contributed by atoms with Crippen LogP contribution in [0.4, 0.5) is 5.69 Å². The van der Waals surface area contributed by atoms with Crippen LogP contribution in [-0.4, -0.2) is 45.7 Å².